The van der Waals surface area contributed by atoms with E-state index in [1.165, 1.54) is 6.07 Å². The zero-order valence-electron chi connectivity index (χ0n) is 15.8. The van der Waals surface area contributed by atoms with Crippen molar-refractivity contribution < 1.29 is 9.18 Å². The van der Waals surface area contributed by atoms with Gasteiger partial charge in [0, 0.05) is 32.4 Å². The summed E-state index contributed by atoms with van der Waals surface area (Å²) in [5.74, 6) is 0.897. The maximum absolute atomic E-state index is 13.7. The predicted octanol–water partition coefficient (Wildman–Crippen LogP) is 2.52. The van der Waals surface area contributed by atoms with Crippen molar-refractivity contribution in [1.82, 2.24) is 15.0 Å². The molecule has 1 fully saturated rings. The lowest BCUT2D eigenvalue weighted by molar-refractivity contribution is -0.115. The van der Waals surface area contributed by atoms with Gasteiger partial charge in [0.1, 0.15) is 11.6 Å². The van der Waals surface area contributed by atoms with Crippen molar-refractivity contribution in [2.75, 3.05) is 41.3 Å². The molecule has 0 atom stereocenters. The molecule has 4 rings (SSSR count). The second-order valence-electron chi connectivity index (χ2n) is 6.75. The molecule has 29 heavy (non-hydrogen) atoms. The van der Waals surface area contributed by atoms with E-state index in [2.05, 4.69) is 30.1 Å². The van der Waals surface area contributed by atoms with Crippen LogP contribution in [0, 0.1) is 5.82 Å². The van der Waals surface area contributed by atoms with Gasteiger partial charge in [0.05, 0.1) is 24.5 Å². The van der Waals surface area contributed by atoms with Crippen LogP contribution in [0.4, 0.5) is 21.8 Å². The number of rotatable bonds is 5. The van der Waals surface area contributed by atoms with Gasteiger partial charge in [-0.2, -0.15) is 0 Å². The molecule has 148 valence electrons. The summed E-state index contributed by atoms with van der Waals surface area (Å²) in [6, 6.07) is 12.1. The molecule has 0 unspecified atom stereocenters. The monoisotopic (exact) mass is 392 g/mol. The zero-order valence-corrected chi connectivity index (χ0v) is 15.8. The first-order valence-corrected chi connectivity index (χ1v) is 9.45. The first-order valence-electron chi connectivity index (χ1n) is 9.45. The van der Waals surface area contributed by atoms with E-state index in [0.717, 1.165) is 32.0 Å². The van der Waals surface area contributed by atoms with Gasteiger partial charge in [-0.15, -0.1) is 0 Å². The molecule has 1 N–H and O–H groups in total. The second-order valence-corrected chi connectivity index (χ2v) is 6.75. The van der Waals surface area contributed by atoms with Gasteiger partial charge >= 0.3 is 0 Å². The number of pyridine rings is 1. The summed E-state index contributed by atoms with van der Waals surface area (Å²) in [6.45, 7) is 3.24. The molecule has 8 heteroatoms. The van der Waals surface area contributed by atoms with Crippen LogP contribution >= 0.6 is 0 Å². The number of carbonyl (C=O) groups excluding carboxylic acids is 1. The van der Waals surface area contributed by atoms with E-state index in [4.69, 9.17) is 0 Å². The number of benzene rings is 1. The fourth-order valence-corrected chi connectivity index (χ4v) is 3.25. The topological polar surface area (TPSA) is 74.2 Å². The van der Waals surface area contributed by atoms with Crippen molar-refractivity contribution in [1.29, 1.82) is 0 Å². The lowest BCUT2D eigenvalue weighted by Crippen LogP contribution is -2.47. The van der Waals surface area contributed by atoms with Gasteiger partial charge in [-0.25, -0.2) is 19.3 Å². The highest BCUT2D eigenvalue weighted by molar-refractivity contribution is 5.92. The average Bonchev–Trinajstić information content (AvgIpc) is 2.77. The molecule has 2 aromatic heterocycles. The lowest BCUT2D eigenvalue weighted by Gasteiger charge is -2.35. The largest absolute Gasteiger partial charge is 0.353 e. The van der Waals surface area contributed by atoms with Crippen molar-refractivity contribution in [2.24, 2.45) is 0 Å². The molecule has 7 nitrogen and oxygen atoms in total. The van der Waals surface area contributed by atoms with Crippen molar-refractivity contribution in [2.45, 2.75) is 6.42 Å². The maximum Gasteiger partial charge on any atom is 0.228 e. The van der Waals surface area contributed by atoms with Gasteiger partial charge < -0.3 is 15.1 Å². The Morgan fingerprint density at radius 1 is 0.931 bits per heavy atom. The molecule has 3 heterocycles. The lowest BCUT2D eigenvalue weighted by atomic mass is 10.1. The van der Waals surface area contributed by atoms with E-state index in [9.17, 15) is 9.18 Å². The minimum atomic E-state index is -0.390. The Balaban J connectivity index is 1.31. The van der Waals surface area contributed by atoms with Crippen LogP contribution < -0.4 is 15.1 Å². The van der Waals surface area contributed by atoms with Gasteiger partial charge in [0.2, 0.25) is 11.9 Å². The van der Waals surface area contributed by atoms with Crippen molar-refractivity contribution in [3.63, 3.8) is 0 Å². The number of carbonyl (C=O) groups is 1. The van der Waals surface area contributed by atoms with Crippen LogP contribution in [0.25, 0.3) is 0 Å². The van der Waals surface area contributed by atoms with Crippen LogP contribution in [0.3, 0.4) is 0 Å². The highest BCUT2D eigenvalue weighted by atomic mass is 19.1. The summed E-state index contributed by atoms with van der Waals surface area (Å²) in [7, 11) is 0. The highest BCUT2D eigenvalue weighted by Crippen LogP contribution is 2.17. The maximum atomic E-state index is 13.7. The Kier molecular flexibility index (Phi) is 5.60. The Morgan fingerprint density at radius 2 is 1.62 bits per heavy atom. The minimum absolute atomic E-state index is 0.0378. The summed E-state index contributed by atoms with van der Waals surface area (Å²) in [5, 5.41) is 2.71. The third kappa shape index (κ3) is 4.66. The first kappa shape index (κ1) is 18.8. The van der Waals surface area contributed by atoms with Crippen LogP contribution in [0.5, 0.6) is 0 Å². The molecule has 1 amide bonds. The molecule has 3 aromatic rings. The van der Waals surface area contributed by atoms with Crippen molar-refractivity contribution in [3.05, 3.63) is 72.4 Å². The van der Waals surface area contributed by atoms with Crippen LogP contribution in [-0.4, -0.2) is 47.0 Å². The number of aromatic nitrogens is 3. The smallest absolute Gasteiger partial charge is 0.228 e. The molecule has 0 bridgehead atoms. The molecule has 1 aromatic carbocycles. The highest BCUT2D eigenvalue weighted by Gasteiger charge is 2.19. The second kappa shape index (κ2) is 8.64. The van der Waals surface area contributed by atoms with Gasteiger partial charge in [0.15, 0.2) is 0 Å². The van der Waals surface area contributed by atoms with Gasteiger partial charge in [-0.1, -0.05) is 24.3 Å². The summed E-state index contributed by atoms with van der Waals surface area (Å²) >= 11 is 0. The van der Waals surface area contributed by atoms with E-state index in [1.54, 1.807) is 36.8 Å². The quantitative estimate of drug-likeness (QED) is 0.719. The molecule has 0 saturated carbocycles. The standard InChI is InChI=1S/C21H21FN6O/c22-18-6-2-1-5-16(18)13-20(29)26-17-14-24-21(25-15-17)28-11-9-27(10-12-28)19-7-3-4-8-23-19/h1-8,14-15H,9-13H2,(H,26,29). The Bertz CT molecular complexity index is 958. The molecular formula is C21H21FN6O. The van der Waals surface area contributed by atoms with Crippen molar-refractivity contribution in [3.8, 4) is 0 Å². The normalized spacial score (nSPS) is 14.0. The van der Waals surface area contributed by atoms with E-state index in [0.29, 0.717) is 17.2 Å². The van der Waals surface area contributed by atoms with E-state index in [1.807, 2.05) is 18.2 Å². The average molecular weight is 392 g/mol. The molecule has 0 spiro atoms. The summed E-state index contributed by atoms with van der Waals surface area (Å²) in [4.78, 5) is 29.6. The number of amides is 1. The fraction of sp³-hybridized carbons (Fsp3) is 0.238. The van der Waals surface area contributed by atoms with E-state index >= 15 is 0 Å². The number of hydrogen-bond acceptors (Lipinski definition) is 6. The summed E-state index contributed by atoms with van der Waals surface area (Å²) in [6.07, 6.45) is 4.91. The summed E-state index contributed by atoms with van der Waals surface area (Å²) in [5.41, 5.74) is 0.843. The predicted molar refractivity (Wildman–Crippen MR) is 109 cm³/mol. The van der Waals surface area contributed by atoms with Crippen LogP contribution in [-0.2, 0) is 11.2 Å². The number of anilines is 3. The van der Waals surface area contributed by atoms with E-state index < -0.39 is 0 Å². The van der Waals surface area contributed by atoms with Crippen molar-refractivity contribution >= 4 is 23.4 Å². The van der Waals surface area contributed by atoms with Gasteiger partial charge in [-0.3, -0.25) is 4.79 Å². The van der Waals surface area contributed by atoms with Crippen LogP contribution in [0.1, 0.15) is 5.56 Å². The molecule has 0 radical (unpaired) electrons. The van der Waals surface area contributed by atoms with Gasteiger partial charge in [0.25, 0.3) is 0 Å². The number of nitrogens with zero attached hydrogens (tertiary/aromatic N) is 5. The Hall–Kier alpha value is -3.55. The number of nitrogens with one attached hydrogen (secondary N) is 1. The molecule has 1 aliphatic rings. The first-order chi connectivity index (χ1) is 14.2. The fourth-order valence-electron chi connectivity index (χ4n) is 3.25. The van der Waals surface area contributed by atoms with Gasteiger partial charge in [-0.05, 0) is 23.8 Å². The molecule has 1 aliphatic heterocycles. The number of halogens is 1. The molecule has 0 aliphatic carbocycles. The molecule has 1 saturated heterocycles. The van der Waals surface area contributed by atoms with E-state index in [-0.39, 0.29) is 18.1 Å². The third-order valence-corrected chi connectivity index (χ3v) is 4.77. The number of hydrogen-bond donors (Lipinski definition) is 1. The van der Waals surface area contributed by atoms with Crippen LogP contribution in [0.15, 0.2) is 61.1 Å². The number of piperazine rings is 1. The zero-order chi connectivity index (χ0) is 20.1. The Morgan fingerprint density at radius 3 is 2.31 bits per heavy atom. The third-order valence-electron chi connectivity index (χ3n) is 4.77. The Labute approximate surface area is 168 Å². The minimum Gasteiger partial charge on any atom is -0.353 e. The molecular weight excluding hydrogens is 371 g/mol. The SMILES string of the molecule is O=C(Cc1ccccc1F)Nc1cnc(N2CCN(c3ccccn3)CC2)nc1. The summed E-state index contributed by atoms with van der Waals surface area (Å²) < 4.78 is 13.7. The van der Waals surface area contributed by atoms with Crippen LogP contribution in [0.2, 0.25) is 0 Å².